The van der Waals surface area contributed by atoms with Gasteiger partial charge in [-0.1, -0.05) is 87.2 Å². The maximum Gasteiger partial charge on any atom is 0.330 e. The second-order valence-electron chi connectivity index (χ2n) is 13.9. The molecule has 2 N–H and O–H groups in total. The zero-order valence-corrected chi connectivity index (χ0v) is 33.7. The number of methoxy groups -OCH3 is 2. The minimum absolute atomic E-state index is 0.00992. The molecule has 2 aromatic heterocycles. The van der Waals surface area contributed by atoms with Crippen LogP contribution in [-0.4, -0.2) is 58.7 Å². The van der Waals surface area contributed by atoms with Gasteiger partial charge in [-0.15, -0.1) is 0 Å². The third kappa shape index (κ3) is 9.90. The Morgan fingerprint density at radius 2 is 1.63 bits per heavy atom. The fourth-order valence-corrected chi connectivity index (χ4v) is 8.57. The van der Waals surface area contributed by atoms with Gasteiger partial charge in [-0.05, 0) is 54.3 Å². The van der Waals surface area contributed by atoms with Gasteiger partial charge in [0, 0.05) is 18.2 Å². The minimum Gasteiger partial charge on any atom is -0.497 e. The number of aryl methyl sites for hydroxylation is 1. The first-order valence-corrected chi connectivity index (χ1v) is 20.4. The summed E-state index contributed by atoms with van der Waals surface area (Å²) in [5, 5.41) is 9.73. The van der Waals surface area contributed by atoms with Gasteiger partial charge in [0.25, 0.3) is 5.56 Å². The molecule has 3 aromatic carbocycles. The maximum absolute atomic E-state index is 13.2. The first-order valence-electron chi connectivity index (χ1n) is 19.2. The lowest BCUT2D eigenvalue weighted by molar-refractivity contribution is -0.0918. The van der Waals surface area contributed by atoms with Crippen LogP contribution < -0.4 is 26.2 Å². The van der Waals surface area contributed by atoms with E-state index in [1.54, 1.807) is 33.7 Å². The Morgan fingerprint density at radius 1 is 0.965 bits per heavy atom. The molecule has 3 heterocycles. The molecule has 13 nitrogen and oxygen atoms in total. The lowest BCUT2D eigenvalue weighted by atomic mass is 9.80. The molecule has 0 bridgehead atoms. The summed E-state index contributed by atoms with van der Waals surface area (Å²) in [6.07, 6.45) is 7.47. The van der Waals surface area contributed by atoms with Gasteiger partial charge >= 0.3 is 5.69 Å². The summed E-state index contributed by atoms with van der Waals surface area (Å²) in [7, 11) is 1.45. The molecule has 5 atom stereocenters. The van der Waals surface area contributed by atoms with Gasteiger partial charge < -0.3 is 33.0 Å². The summed E-state index contributed by atoms with van der Waals surface area (Å²) in [4.78, 5) is 35.4. The number of hydrogen-bond acceptors (Lipinski definition) is 10. The predicted octanol–water partition coefficient (Wildman–Crippen LogP) is 7.17. The number of nitriles is 1. The van der Waals surface area contributed by atoms with Crippen molar-refractivity contribution < 1.29 is 28.0 Å². The van der Waals surface area contributed by atoms with Gasteiger partial charge in [0.05, 0.1) is 58.0 Å². The number of benzene rings is 3. The summed E-state index contributed by atoms with van der Waals surface area (Å²) < 4.78 is 39.9. The Hall–Kier alpha value is -5.09. The fraction of sp³-hybridized carbons (Fsp3) is 0.395. The van der Waals surface area contributed by atoms with Gasteiger partial charge in [-0.25, -0.2) is 9.78 Å². The van der Waals surface area contributed by atoms with Crippen molar-refractivity contribution in [3.63, 3.8) is 0 Å². The molecule has 0 saturated carbocycles. The lowest BCUT2D eigenvalue weighted by Gasteiger charge is -2.37. The molecular formula is C43H50N5O8P. The number of nitrogens with one attached hydrogen (secondary N) is 2. The highest BCUT2D eigenvalue weighted by Crippen LogP contribution is 2.47. The van der Waals surface area contributed by atoms with Crippen LogP contribution in [0.15, 0.2) is 107 Å². The van der Waals surface area contributed by atoms with Crippen LogP contribution in [0.5, 0.6) is 11.5 Å². The number of rotatable bonds is 20. The van der Waals surface area contributed by atoms with Crippen LogP contribution in [0.25, 0.3) is 0 Å². The molecule has 57 heavy (non-hydrogen) atoms. The molecule has 0 radical (unpaired) electrons. The molecule has 1 aliphatic heterocycles. The molecule has 1 saturated heterocycles. The molecular weight excluding hydrogens is 745 g/mol. The van der Waals surface area contributed by atoms with E-state index in [0.717, 1.165) is 42.4 Å². The Balaban J connectivity index is 1.40. The number of imidazole rings is 1. The van der Waals surface area contributed by atoms with E-state index in [-0.39, 0.29) is 25.6 Å². The van der Waals surface area contributed by atoms with Crippen molar-refractivity contribution in [2.24, 2.45) is 0 Å². The van der Waals surface area contributed by atoms with Crippen molar-refractivity contribution in [3.05, 3.63) is 141 Å². The second kappa shape index (κ2) is 19.9. The predicted molar refractivity (Wildman–Crippen MR) is 217 cm³/mol. The molecule has 300 valence electrons. The summed E-state index contributed by atoms with van der Waals surface area (Å²) >= 11 is 0. The van der Waals surface area contributed by atoms with Gasteiger partial charge in [0.15, 0.2) is 0 Å². The Morgan fingerprint density at radius 3 is 2.23 bits per heavy atom. The van der Waals surface area contributed by atoms with Crippen molar-refractivity contribution in [2.75, 3.05) is 20.8 Å². The van der Waals surface area contributed by atoms with Crippen LogP contribution in [0.3, 0.4) is 0 Å². The number of H-pyrrole nitrogens is 2. The summed E-state index contributed by atoms with van der Waals surface area (Å²) in [5.74, 6) is 1.39. The zero-order chi connectivity index (χ0) is 40.2. The summed E-state index contributed by atoms with van der Waals surface area (Å²) in [5.41, 5.74) is 1.32. The molecule has 0 amide bonds. The highest BCUT2D eigenvalue weighted by Gasteiger charge is 2.44. The van der Waals surface area contributed by atoms with E-state index in [4.69, 9.17) is 28.0 Å². The maximum atomic E-state index is 13.2. The highest BCUT2D eigenvalue weighted by molar-refractivity contribution is 7.55. The molecule has 5 aromatic rings. The first-order chi connectivity index (χ1) is 27.8. The van der Waals surface area contributed by atoms with Gasteiger partial charge in [0.2, 0.25) is 8.38 Å². The van der Waals surface area contributed by atoms with Crippen LogP contribution in [0.4, 0.5) is 0 Å². The average molecular weight is 796 g/mol. The Labute approximate surface area is 333 Å². The molecule has 1 aliphatic rings. The minimum atomic E-state index is -1.80. The van der Waals surface area contributed by atoms with Gasteiger partial charge in [-0.2, -0.15) is 5.26 Å². The van der Waals surface area contributed by atoms with E-state index in [2.05, 4.69) is 27.9 Å². The van der Waals surface area contributed by atoms with Crippen molar-refractivity contribution in [2.45, 2.75) is 88.9 Å². The smallest absolute Gasteiger partial charge is 0.330 e. The summed E-state index contributed by atoms with van der Waals surface area (Å²) in [6, 6.07) is 27.7. The van der Waals surface area contributed by atoms with Crippen molar-refractivity contribution in [1.82, 2.24) is 19.5 Å². The highest BCUT2D eigenvalue weighted by atomic mass is 31.2. The SMILES string of the molecule is CCCCCCC(CC#N)OP(O[C@H]1C[C@H](n2cc(C)c(=O)[nH]c2=O)O[C@@H]1COC(c1ccccc1)(c1ccc(OC)cc1)c1ccc(OC)cc1)c1cnc[nH]1. The Bertz CT molecular complexity index is 2110. The largest absolute Gasteiger partial charge is 0.497 e. The average Bonchev–Trinajstić information content (AvgIpc) is 3.93. The van der Waals surface area contributed by atoms with Crippen molar-refractivity contribution in [3.8, 4) is 17.6 Å². The molecule has 0 spiro atoms. The van der Waals surface area contributed by atoms with Crippen LogP contribution >= 0.6 is 8.38 Å². The van der Waals surface area contributed by atoms with E-state index >= 15 is 0 Å². The summed E-state index contributed by atoms with van der Waals surface area (Å²) in [6.45, 7) is 3.81. The third-order valence-corrected chi connectivity index (χ3v) is 11.7. The van der Waals surface area contributed by atoms with E-state index in [0.29, 0.717) is 28.9 Å². The van der Waals surface area contributed by atoms with Crippen molar-refractivity contribution >= 4 is 13.8 Å². The standard InChI is InChI=1S/C43H50N5O8P/c1-5-6-7-11-14-36(23-24-44)55-57(39-26-45-29-46-39)56-37-25-40(48-27-30(2)41(49)47-42(48)50)54-38(37)28-53-43(31-12-9-8-10-13-31,32-15-19-34(51-3)20-16-32)33-17-21-35(52-4)22-18-33/h8-10,12-13,15-22,26-27,29,36-38,40H,5-7,11,14,23,25,28H2,1-4H3,(H,45,46)(H,47,49,50)/t36?,37-,38+,40+,57?/m0/s1. The van der Waals surface area contributed by atoms with E-state index < -0.39 is 43.7 Å². The fourth-order valence-electron chi connectivity index (χ4n) is 7.05. The zero-order valence-electron chi connectivity index (χ0n) is 32.8. The van der Waals surface area contributed by atoms with Crippen LogP contribution in [-0.2, 0) is 24.1 Å². The number of ether oxygens (including phenoxy) is 4. The van der Waals surface area contributed by atoms with Crippen LogP contribution in [0.2, 0.25) is 0 Å². The molecule has 6 rings (SSSR count). The number of hydrogen-bond donors (Lipinski definition) is 2. The monoisotopic (exact) mass is 795 g/mol. The van der Waals surface area contributed by atoms with Crippen molar-refractivity contribution in [1.29, 1.82) is 5.26 Å². The Kier molecular flexibility index (Phi) is 14.5. The number of unbranched alkanes of at least 4 members (excludes halogenated alkanes) is 3. The third-order valence-electron chi connectivity index (χ3n) is 10.1. The van der Waals surface area contributed by atoms with E-state index in [1.807, 2.05) is 78.9 Å². The number of nitrogens with zero attached hydrogens (tertiary/aromatic N) is 3. The lowest BCUT2D eigenvalue weighted by Crippen LogP contribution is -2.38. The topological polar surface area (TPSA) is 163 Å². The normalized spacial score (nSPS) is 17.8. The number of aromatic nitrogens is 4. The van der Waals surface area contributed by atoms with Gasteiger partial charge in [-0.3, -0.25) is 14.3 Å². The molecule has 0 aliphatic carbocycles. The van der Waals surface area contributed by atoms with E-state index in [9.17, 15) is 14.9 Å². The number of aromatic amines is 2. The van der Waals surface area contributed by atoms with Crippen LogP contribution in [0, 0.1) is 18.3 Å². The van der Waals surface area contributed by atoms with Gasteiger partial charge in [0.1, 0.15) is 34.9 Å². The quantitative estimate of drug-likeness (QED) is 0.0469. The molecule has 1 fully saturated rings. The van der Waals surface area contributed by atoms with Crippen LogP contribution in [0.1, 0.15) is 80.4 Å². The molecule has 14 heteroatoms. The second-order valence-corrected chi connectivity index (χ2v) is 15.4. The first kappa shape index (κ1) is 41.5. The van der Waals surface area contributed by atoms with E-state index in [1.165, 1.54) is 10.8 Å². The molecule has 2 unspecified atom stereocenters.